The van der Waals surface area contributed by atoms with Gasteiger partial charge in [0.05, 0.1) is 43.3 Å². The summed E-state index contributed by atoms with van der Waals surface area (Å²) in [6, 6.07) is 9.47. The van der Waals surface area contributed by atoms with Crippen molar-refractivity contribution in [1.82, 2.24) is 14.9 Å². The van der Waals surface area contributed by atoms with E-state index < -0.39 is 29.9 Å². The molecule has 3 heterocycles. The summed E-state index contributed by atoms with van der Waals surface area (Å²) in [5.74, 6) is -2.87. The van der Waals surface area contributed by atoms with Crippen molar-refractivity contribution >= 4 is 11.9 Å². The second-order valence-corrected chi connectivity index (χ2v) is 7.95. The summed E-state index contributed by atoms with van der Waals surface area (Å²) in [5, 5.41) is 11.3. The molecule has 0 amide bonds. The normalized spacial score (nSPS) is 21.0. The van der Waals surface area contributed by atoms with Crippen molar-refractivity contribution in [2.75, 3.05) is 20.8 Å². The van der Waals surface area contributed by atoms with Gasteiger partial charge in [-0.3, -0.25) is 19.7 Å². The molecule has 1 aliphatic heterocycles. The van der Waals surface area contributed by atoms with Crippen LogP contribution in [0.3, 0.4) is 0 Å². The first-order valence-electron chi connectivity index (χ1n) is 11.2. The number of hydrogen-bond donors (Lipinski definition) is 1. The summed E-state index contributed by atoms with van der Waals surface area (Å²) in [6.07, 6.45) is 7.25. The second-order valence-electron chi connectivity index (χ2n) is 7.95. The monoisotopic (exact) mass is 453 g/mol. The fourth-order valence-corrected chi connectivity index (χ4v) is 4.41. The van der Waals surface area contributed by atoms with E-state index in [1.807, 2.05) is 23.1 Å². The smallest absolute Gasteiger partial charge is 0.339 e. The largest absolute Gasteiger partial charge is 0.511 e. The Morgan fingerprint density at radius 1 is 0.970 bits per heavy atom. The minimum atomic E-state index is -1.13. The van der Waals surface area contributed by atoms with Gasteiger partial charge >= 0.3 is 11.9 Å². The molecule has 176 valence electrons. The number of pyridine rings is 2. The highest BCUT2D eigenvalue weighted by Gasteiger charge is 2.50. The van der Waals surface area contributed by atoms with Gasteiger partial charge in [0.1, 0.15) is 11.7 Å². The van der Waals surface area contributed by atoms with Crippen molar-refractivity contribution < 1.29 is 24.2 Å². The van der Waals surface area contributed by atoms with Crippen LogP contribution in [0.4, 0.5) is 0 Å². The van der Waals surface area contributed by atoms with E-state index in [-0.39, 0.29) is 11.3 Å². The van der Waals surface area contributed by atoms with Gasteiger partial charge in [-0.25, -0.2) is 4.79 Å². The van der Waals surface area contributed by atoms with Gasteiger partial charge in [0, 0.05) is 12.4 Å². The predicted octanol–water partition coefficient (Wildman–Crippen LogP) is 3.93. The summed E-state index contributed by atoms with van der Waals surface area (Å²) in [7, 11) is 2.51. The van der Waals surface area contributed by atoms with E-state index in [4.69, 9.17) is 9.47 Å². The molecule has 0 saturated heterocycles. The molecule has 0 aromatic carbocycles. The zero-order valence-electron chi connectivity index (χ0n) is 19.3. The lowest BCUT2D eigenvalue weighted by molar-refractivity contribution is -0.150. The topological polar surface area (TPSA) is 102 Å². The van der Waals surface area contributed by atoms with Gasteiger partial charge in [-0.05, 0) is 37.2 Å². The number of carbonyl (C=O) groups is 2. The quantitative estimate of drug-likeness (QED) is 0.450. The van der Waals surface area contributed by atoms with Gasteiger partial charge in [-0.2, -0.15) is 0 Å². The molecular formula is C25H31N3O5. The zero-order valence-corrected chi connectivity index (χ0v) is 19.3. The van der Waals surface area contributed by atoms with E-state index in [0.29, 0.717) is 17.9 Å². The van der Waals surface area contributed by atoms with Crippen LogP contribution in [0.15, 0.2) is 60.1 Å². The Hall–Kier alpha value is -3.26. The number of carbonyl (C=O) groups excluding carboxylic acids is 2. The van der Waals surface area contributed by atoms with Crippen LogP contribution in [0.2, 0.25) is 0 Å². The Labute approximate surface area is 194 Å². The molecule has 1 N–H and O–H groups in total. The Morgan fingerprint density at radius 2 is 1.64 bits per heavy atom. The standard InChI is InChI=1S/C25H31N3O5/c1-4-5-6-11-16-28-21(17-12-7-9-14-26-17)19(24(30)32-2)23(29)20(25(31)33-3)22(28)18-13-8-10-15-27-18/h7-10,12-15,19,21-22,29H,4-6,11,16H2,1-3H3/t19-,21-,22+/m0/s1. The Morgan fingerprint density at radius 3 is 2.18 bits per heavy atom. The average Bonchev–Trinajstić information content (AvgIpc) is 2.86. The van der Waals surface area contributed by atoms with Gasteiger partial charge in [0.15, 0.2) is 0 Å². The van der Waals surface area contributed by atoms with Crippen LogP contribution in [-0.4, -0.2) is 52.7 Å². The Bertz CT molecular complexity index is 965. The molecule has 3 atom stereocenters. The third kappa shape index (κ3) is 5.22. The zero-order chi connectivity index (χ0) is 23.8. The Balaban J connectivity index is 2.24. The summed E-state index contributed by atoms with van der Waals surface area (Å²) in [5.41, 5.74) is 1.17. The number of esters is 2. The van der Waals surface area contributed by atoms with E-state index in [0.717, 1.165) is 25.7 Å². The molecule has 0 aliphatic carbocycles. The van der Waals surface area contributed by atoms with Crippen molar-refractivity contribution in [2.45, 2.75) is 44.7 Å². The first-order chi connectivity index (χ1) is 16.0. The van der Waals surface area contributed by atoms with Crippen molar-refractivity contribution in [3.63, 3.8) is 0 Å². The molecule has 2 aromatic heterocycles. The summed E-state index contributed by atoms with van der Waals surface area (Å²) < 4.78 is 10.1. The van der Waals surface area contributed by atoms with Crippen LogP contribution >= 0.6 is 0 Å². The minimum absolute atomic E-state index is 0.00530. The molecule has 8 heteroatoms. The van der Waals surface area contributed by atoms with Crippen LogP contribution < -0.4 is 0 Å². The molecule has 8 nitrogen and oxygen atoms in total. The highest BCUT2D eigenvalue weighted by Crippen LogP contribution is 2.47. The third-order valence-electron chi connectivity index (χ3n) is 5.94. The molecule has 0 radical (unpaired) electrons. The number of hydrogen-bond acceptors (Lipinski definition) is 8. The van der Waals surface area contributed by atoms with Crippen LogP contribution in [0.1, 0.15) is 56.1 Å². The maximum absolute atomic E-state index is 12.9. The SMILES string of the molecule is CCCCCCN1[C@H](c2ccccn2)C(C(=O)OC)=C(O)[C@@H](C(=O)OC)[C@@H]1c1ccccn1. The van der Waals surface area contributed by atoms with Gasteiger partial charge in [0.25, 0.3) is 0 Å². The van der Waals surface area contributed by atoms with E-state index in [2.05, 4.69) is 16.9 Å². The molecule has 1 aliphatic rings. The van der Waals surface area contributed by atoms with E-state index in [1.165, 1.54) is 14.2 Å². The summed E-state index contributed by atoms with van der Waals surface area (Å²) in [4.78, 5) is 36.9. The van der Waals surface area contributed by atoms with Gasteiger partial charge in [0.2, 0.25) is 0 Å². The summed E-state index contributed by atoms with van der Waals surface area (Å²) in [6.45, 7) is 2.70. The van der Waals surface area contributed by atoms with E-state index >= 15 is 0 Å². The number of unbranched alkanes of at least 4 members (excludes halogenated alkanes) is 3. The van der Waals surface area contributed by atoms with Gasteiger partial charge in [-0.15, -0.1) is 0 Å². The first-order valence-corrected chi connectivity index (χ1v) is 11.2. The molecule has 0 fully saturated rings. The fourth-order valence-electron chi connectivity index (χ4n) is 4.41. The van der Waals surface area contributed by atoms with Gasteiger partial charge < -0.3 is 14.6 Å². The fraction of sp³-hybridized carbons (Fsp3) is 0.440. The molecule has 0 bridgehead atoms. The second kappa shape index (κ2) is 11.6. The third-order valence-corrected chi connectivity index (χ3v) is 5.94. The van der Waals surface area contributed by atoms with Crippen LogP contribution in [-0.2, 0) is 19.1 Å². The van der Waals surface area contributed by atoms with E-state index in [9.17, 15) is 14.7 Å². The first kappa shape index (κ1) is 24.4. The average molecular weight is 454 g/mol. The van der Waals surface area contributed by atoms with Crippen molar-refractivity contribution in [2.24, 2.45) is 5.92 Å². The molecule has 33 heavy (non-hydrogen) atoms. The van der Waals surface area contributed by atoms with Crippen molar-refractivity contribution in [3.05, 3.63) is 71.5 Å². The lowest BCUT2D eigenvalue weighted by atomic mass is 9.81. The Kier molecular flexibility index (Phi) is 8.54. The van der Waals surface area contributed by atoms with Crippen LogP contribution in [0.25, 0.3) is 0 Å². The van der Waals surface area contributed by atoms with E-state index in [1.54, 1.807) is 30.6 Å². The molecule has 0 unspecified atom stereocenters. The van der Waals surface area contributed by atoms with Crippen molar-refractivity contribution in [1.29, 1.82) is 0 Å². The number of nitrogens with zero attached hydrogens (tertiary/aromatic N) is 3. The number of rotatable bonds is 9. The number of methoxy groups -OCH3 is 2. The highest BCUT2D eigenvalue weighted by atomic mass is 16.5. The number of aliphatic hydroxyl groups excluding tert-OH is 1. The lowest BCUT2D eigenvalue weighted by Crippen LogP contribution is -2.48. The number of aliphatic hydroxyl groups is 1. The molecule has 3 rings (SSSR count). The number of ether oxygens (including phenoxy) is 2. The molecule has 2 aromatic rings. The van der Waals surface area contributed by atoms with Crippen LogP contribution in [0.5, 0.6) is 0 Å². The lowest BCUT2D eigenvalue weighted by Gasteiger charge is -2.44. The summed E-state index contributed by atoms with van der Waals surface area (Å²) >= 11 is 0. The van der Waals surface area contributed by atoms with Crippen LogP contribution in [0, 0.1) is 5.92 Å². The molecule has 0 spiro atoms. The van der Waals surface area contributed by atoms with Crippen molar-refractivity contribution in [3.8, 4) is 0 Å². The maximum Gasteiger partial charge on any atom is 0.339 e. The molecule has 0 saturated carbocycles. The predicted molar refractivity (Wildman–Crippen MR) is 122 cm³/mol. The minimum Gasteiger partial charge on any atom is -0.511 e. The molecular weight excluding hydrogens is 422 g/mol. The van der Waals surface area contributed by atoms with Gasteiger partial charge in [-0.1, -0.05) is 38.3 Å². The maximum atomic E-state index is 12.9. The highest BCUT2D eigenvalue weighted by molar-refractivity contribution is 5.93. The number of aromatic nitrogens is 2.